The summed E-state index contributed by atoms with van der Waals surface area (Å²) in [5.41, 5.74) is 1.81. The van der Waals surface area contributed by atoms with Crippen LogP contribution in [0.2, 0.25) is 0 Å². The molecule has 25 heavy (non-hydrogen) atoms. The zero-order valence-electron chi connectivity index (χ0n) is 15.5. The molecule has 0 atom stereocenters. The number of hydrogen-bond acceptors (Lipinski definition) is 4. The molecule has 5 heteroatoms. The molecule has 2 aliphatic heterocycles. The third-order valence-corrected chi connectivity index (χ3v) is 6.58. The van der Waals surface area contributed by atoms with Gasteiger partial charge in [-0.05, 0) is 74.4 Å². The van der Waals surface area contributed by atoms with Gasteiger partial charge in [0.05, 0.1) is 0 Å². The van der Waals surface area contributed by atoms with Crippen molar-refractivity contribution in [2.75, 3.05) is 50.1 Å². The molecule has 0 radical (unpaired) electrons. The van der Waals surface area contributed by atoms with Crippen molar-refractivity contribution in [1.29, 1.82) is 0 Å². The molecule has 1 N–H and O–H groups in total. The Kier molecular flexibility index (Phi) is 6.65. The number of carbonyl (C=O) groups excluding carboxylic acids is 1. The Bertz CT molecular complexity index is 564. The van der Waals surface area contributed by atoms with E-state index in [0.29, 0.717) is 5.92 Å². The Labute approximate surface area is 156 Å². The summed E-state index contributed by atoms with van der Waals surface area (Å²) >= 11 is 2.10. The number of nitrogens with zero attached hydrogens (tertiary/aromatic N) is 2. The van der Waals surface area contributed by atoms with Crippen LogP contribution in [0.1, 0.15) is 36.0 Å². The van der Waals surface area contributed by atoms with Crippen LogP contribution in [0.5, 0.6) is 0 Å². The highest BCUT2D eigenvalue weighted by molar-refractivity contribution is 7.99. The van der Waals surface area contributed by atoms with Crippen LogP contribution in [0.25, 0.3) is 0 Å². The zero-order chi connectivity index (χ0) is 17.6. The lowest BCUT2D eigenvalue weighted by atomic mass is 9.94. The molecule has 4 nitrogen and oxygen atoms in total. The van der Waals surface area contributed by atoms with E-state index in [4.69, 9.17) is 0 Å². The monoisotopic (exact) mass is 361 g/mol. The number of nitrogens with one attached hydrogen (secondary N) is 1. The quantitative estimate of drug-likeness (QED) is 0.874. The molecule has 1 aromatic carbocycles. The summed E-state index contributed by atoms with van der Waals surface area (Å²) in [5.74, 6) is 3.32. The van der Waals surface area contributed by atoms with Gasteiger partial charge in [-0.1, -0.05) is 6.07 Å². The predicted molar refractivity (Wildman–Crippen MR) is 108 cm³/mol. The Morgan fingerprint density at radius 1 is 1.20 bits per heavy atom. The summed E-state index contributed by atoms with van der Waals surface area (Å²) in [6.07, 6.45) is 5.13. The van der Waals surface area contributed by atoms with Crippen LogP contribution >= 0.6 is 11.8 Å². The Balaban J connectivity index is 1.43. The van der Waals surface area contributed by atoms with Gasteiger partial charge >= 0.3 is 0 Å². The number of amides is 1. The van der Waals surface area contributed by atoms with Crippen LogP contribution in [-0.2, 0) is 0 Å². The van der Waals surface area contributed by atoms with E-state index in [1.165, 1.54) is 50.3 Å². The van der Waals surface area contributed by atoms with E-state index in [0.717, 1.165) is 23.8 Å². The van der Waals surface area contributed by atoms with Crippen molar-refractivity contribution in [3.63, 3.8) is 0 Å². The molecule has 0 unspecified atom stereocenters. The lowest BCUT2D eigenvalue weighted by Crippen LogP contribution is -2.45. The zero-order valence-corrected chi connectivity index (χ0v) is 16.4. The van der Waals surface area contributed by atoms with Crippen LogP contribution in [-0.4, -0.2) is 62.1 Å². The average Bonchev–Trinajstić information content (AvgIpc) is 2.67. The molecule has 138 valence electrons. The molecule has 0 aliphatic carbocycles. The lowest BCUT2D eigenvalue weighted by Gasteiger charge is -2.39. The van der Waals surface area contributed by atoms with Crippen LogP contribution in [0.4, 0.5) is 5.69 Å². The van der Waals surface area contributed by atoms with Gasteiger partial charge in [-0.2, -0.15) is 11.8 Å². The van der Waals surface area contributed by atoms with E-state index < -0.39 is 0 Å². The standard InChI is InChI=1S/C20H31N3OS/c1-22(2)19-5-3-4-17(14-19)20(24)21-15-16-6-10-23(11-7-16)18-8-12-25-13-9-18/h3-5,14,16,18H,6-13,15H2,1-2H3,(H,21,24). The molecular formula is C20H31N3OS. The van der Waals surface area contributed by atoms with Crippen molar-refractivity contribution < 1.29 is 4.79 Å². The number of hydrogen-bond donors (Lipinski definition) is 1. The average molecular weight is 362 g/mol. The number of rotatable bonds is 5. The first-order valence-electron chi connectivity index (χ1n) is 9.51. The maximum absolute atomic E-state index is 12.4. The largest absolute Gasteiger partial charge is 0.378 e. The first kappa shape index (κ1) is 18.6. The fourth-order valence-corrected chi connectivity index (χ4v) is 4.92. The second-order valence-corrected chi connectivity index (χ2v) is 8.70. The van der Waals surface area contributed by atoms with Gasteiger partial charge < -0.3 is 15.1 Å². The molecule has 0 bridgehead atoms. The number of piperidine rings is 1. The topological polar surface area (TPSA) is 35.6 Å². The second kappa shape index (κ2) is 8.95. The van der Waals surface area contributed by atoms with E-state index in [-0.39, 0.29) is 5.91 Å². The van der Waals surface area contributed by atoms with Gasteiger partial charge in [-0.3, -0.25) is 4.79 Å². The van der Waals surface area contributed by atoms with Crippen molar-refractivity contribution in [2.45, 2.75) is 31.7 Å². The van der Waals surface area contributed by atoms with Crippen molar-refractivity contribution in [2.24, 2.45) is 5.92 Å². The van der Waals surface area contributed by atoms with E-state index in [2.05, 4.69) is 22.0 Å². The Morgan fingerprint density at radius 2 is 1.92 bits per heavy atom. The molecule has 0 spiro atoms. The number of benzene rings is 1. The Morgan fingerprint density at radius 3 is 2.60 bits per heavy atom. The first-order chi connectivity index (χ1) is 12.1. The molecule has 2 saturated heterocycles. The maximum Gasteiger partial charge on any atom is 0.251 e. The number of thioether (sulfide) groups is 1. The van der Waals surface area contributed by atoms with Crippen molar-refractivity contribution in [3.05, 3.63) is 29.8 Å². The fourth-order valence-electron chi connectivity index (χ4n) is 3.84. The molecule has 1 amide bonds. The summed E-state index contributed by atoms with van der Waals surface area (Å²) in [6, 6.07) is 8.64. The number of carbonyl (C=O) groups is 1. The highest BCUT2D eigenvalue weighted by atomic mass is 32.2. The molecule has 1 aromatic rings. The molecule has 2 aliphatic rings. The van der Waals surface area contributed by atoms with Crippen LogP contribution < -0.4 is 10.2 Å². The summed E-state index contributed by atoms with van der Waals surface area (Å²) in [6.45, 7) is 3.21. The molecule has 2 heterocycles. The summed E-state index contributed by atoms with van der Waals surface area (Å²) < 4.78 is 0. The number of anilines is 1. The van der Waals surface area contributed by atoms with E-state index in [1.54, 1.807) is 0 Å². The second-order valence-electron chi connectivity index (χ2n) is 7.48. The minimum atomic E-state index is 0.0513. The molecule has 2 fully saturated rings. The first-order valence-corrected chi connectivity index (χ1v) is 10.7. The third-order valence-electron chi connectivity index (χ3n) is 5.53. The van der Waals surface area contributed by atoms with E-state index >= 15 is 0 Å². The van der Waals surface area contributed by atoms with Gasteiger partial charge in [0.15, 0.2) is 0 Å². The van der Waals surface area contributed by atoms with Gasteiger partial charge in [0.1, 0.15) is 0 Å². The predicted octanol–water partition coefficient (Wildman–Crippen LogP) is 3.09. The summed E-state index contributed by atoms with van der Waals surface area (Å²) in [4.78, 5) is 17.1. The highest BCUT2D eigenvalue weighted by Gasteiger charge is 2.26. The van der Waals surface area contributed by atoms with E-state index in [1.807, 2.05) is 43.3 Å². The van der Waals surface area contributed by atoms with Gasteiger partial charge in [0, 0.05) is 37.9 Å². The molecular weight excluding hydrogens is 330 g/mol. The number of likely N-dealkylation sites (tertiary alicyclic amines) is 1. The van der Waals surface area contributed by atoms with Gasteiger partial charge in [0.25, 0.3) is 5.91 Å². The molecule has 0 aromatic heterocycles. The van der Waals surface area contributed by atoms with Crippen LogP contribution in [0, 0.1) is 5.92 Å². The Hall–Kier alpha value is -1.20. The van der Waals surface area contributed by atoms with Crippen molar-refractivity contribution in [1.82, 2.24) is 10.2 Å². The SMILES string of the molecule is CN(C)c1cccc(C(=O)NCC2CCN(C3CCSCC3)CC2)c1. The van der Waals surface area contributed by atoms with Gasteiger partial charge in [0.2, 0.25) is 0 Å². The normalized spacial score (nSPS) is 20.4. The minimum Gasteiger partial charge on any atom is -0.378 e. The van der Waals surface area contributed by atoms with Crippen molar-refractivity contribution in [3.8, 4) is 0 Å². The smallest absolute Gasteiger partial charge is 0.251 e. The van der Waals surface area contributed by atoms with Gasteiger partial charge in [-0.15, -0.1) is 0 Å². The van der Waals surface area contributed by atoms with Crippen LogP contribution in [0.15, 0.2) is 24.3 Å². The van der Waals surface area contributed by atoms with Crippen molar-refractivity contribution >= 4 is 23.4 Å². The highest BCUT2D eigenvalue weighted by Crippen LogP contribution is 2.26. The fraction of sp³-hybridized carbons (Fsp3) is 0.650. The van der Waals surface area contributed by atoms with E-state index in [9.17, 15) is 4.79 Å². The lowest BCUT2D eigenvalue weighted by molar-refractivity contribution is 0.0920. The molecule has 0 saturated carbocycles. The summed E-state index contributed by atoms with van der Waals surface area (Å²) in [7, 11) is 3.99. The maximum atomic E-state index is 12.4. The molecule has 3 rings (SSSR count). The van der Waals surface area contributed by atoms with Crippen LogP contribution in [0.3, 0.4) is 0 Å². The minimum absolute atomic E-state index is 0.0513. The van der Waals surface area contributed by atoms with Gasteiger partial charge in [-0.25, -0.2) is 0 Å². The summed E-state index contributed by atoms with van der Waals surface area (Å²) in [5, 5.41) is 3.15. The third kappa shape index (κ3) is 5.14.